The minimum absolute atomic E-state index is 0.0914. The van der Waals surface area contributed by atoms with Crippen LogP contribution in [0.25, 0.3) is 5.69 Å². The number of nitrogens with two attached hydrogens (primary N) is 1. The molecule has 4 heteroatoms. The van der Waals surface area contributed by atoms with Crippen LogP contribution in [0, 0.1) is 6.92 Å². The van der Waals surface area contributed by atoms with Crippen molar-refractivity contribution in [2.75, 3.05) is 5.73 Å². The fourth-order valence-electron chi connectivity index (χ4n) is 1.25. The van der Waals surface area contributed by atoms with Gasteiger partial charge in [-0.3, -0.25) is 0 Å². The van der Waals surface area contributed by atoms with Crippen molar-refractivity contribution in [1.29, 1.82) is 0 Å². The highest BCUT2D eigenvalue weighted by Gasteiger charge is 2.11. The van der Waals surface area contributed by atoms with Crippen LogP contribution >= 0.6 is 0 Å². The van der Waals surface area contributed by atoms with Gasteiger partial charge in [-0.2, -0.15) is 4.68 Å². The molecule has 0 saturated carbocycles. The molecule has 0 spiro atoms. The number of aromatic nitrogens is 2. The highest BCUT2D eigenvalue weighted by atomic mass is 16.3. The van der Waals surface area contributed by atoms with Crippen LogP contribution in [-0.2, 0) is 0 Å². The molecule has 0 aliphatic rings. The van der Waals surface area contributed by atoms with Crippen molar-refractivity contribution in [2.45, 2.75) is 6.92 Å². The first-order valence-corrected chi connectivity index (χ1v) is 4.29. The number of para-hydroxylation sites is 1. The van der Waals surface area contributed by atoms with Crippen LogP contribution in [0.5, 0.6) is 5.88 Å². The van der Waals surface area contributed by atoms with Crippen molar-refractivity contribution < 1.29 is 5.11 Å². The number of nitrogen functional groups attached to an aromatic ring is 1. The van der Waals surface area contributed by atoms with Crippen LogP contribution in [0.3, 0.4) is 0 Å². The van der Waals surface area contributed by atoms with Gasteiger partial charge in [-0.05, 0) is 19.1 Å². The van der Waals surface area contributed by atoms with Crippen LogP contribution in [0.1, 0.15) is 5.56 Å². The third-order valence-corrected chi connectivity index (χ3v) is 2.13. The average molecular weight is 189 g/mol. The Morgan fingerprint density at radius 1 is 1.29 bits per heavy atom. The molecule has 0 unspecified atom stereocenters. The Morgan fingerprint density at radius 2 is 1.93 bits per heavy atom. The lowest BCUT2D eigenvalue weighted by molar-refractivity contribution is 0.430. The van der Waals surface area contributed by atoms with E-state index in [9.17, 15) is 5.11 Å². The molecule has 1 aromatic carbocycles. The summed E-state index contributed by atoms with van der Waals surface area (Å²) in [7, 11) is 0. The fourth-order valence-corrected chi connectivity index (χ4v) is 1.25. The quantitative estimate of drug-likeness (QED) is 0.714. The molecule has 72 valence electrons. The smallest absolute Gasteiger partial charge is 0.219 e. The van der Waals surface area contributed by atoms with E-state index >= 15 is 0 Å². The highest BCUT2D eigenvalue weighted by Crippen LogP contribution is 2.24. The van der Waals surface area contributed by atoms with Crippen molar-refractivity contribution in [3.63, 3.8) is 0 Å². The molecule has 0 fully saturated rings. The second-order valence-corrected chi connectivity index (χ2v) is 3.08. The summed E-state index contributed by atoms with van der Waals surface area (Å²) in [5.41, 5.74) is 6.99. The zero-order valence-corrected chi connectivity index (χ0v) is 7.81. The Labute approximate surface area is 81.6 Å². The summed E-state index contributed by atoms with van der Waals surface area (Å²) in [6.07, 6.45) is 0. The minimum atomic E-state index is 0.0914. The van der Waals surface area contributed by atoms with Crippen LogP contribution in [0.2, 0.25) is 0 Å². The standard InChI is InChI=1S/C10H11N3O/c1-7-9(11)12-13(10(7)14)8-5-3-2-4-6-8/h2-6,14H,1H3,(H2,11,12). The predicted octanol–water partition coefficient (Wildman–Crippen LogP) is 1.47. The number of hydrogen-bond donors (Lipinski definition) is 2. The molecule has 4 nitrogen and oxygen atoms in total. The van der Waals surface area contributed by atoms with E-state index in [2.05, 4.69) is 5.10 Å². The van der Waals surface area contributed by atoms with E-state index in [-0.39, 0.29) is 5.88 Å². The Bertz CT molecular complexity index is 448. The molecule has 0 atom stereocenters. The van der Waals surface area contributed by atoms with Crippen LogP contribution < -0.4 is 5.73 Å². The van der Waals surface area contributed by atoms with E-state index in [1.807, 2.05) is 30.3 Å². The number of aromatic hydroxyl groups is 1. The van der Waals surface area contributed by atoms with Gasteiger partial charge in [-0.25, -0.2) is 0 Å². The van der Waals surface area contributed by atoms with Gasteiger partial charge in [-0.15, -0.1) is 5.10 Å². The zero-order chi connectivity index (χ0) is 10.1. The number of benzene rings is 1. The topological polar surface area (TPSA) is 64.1 Å². The molecule has 0 aliphatic heterocycles. The lowest BCUT2D eigenvalue weighted by Gasteiger charge is -2.01. The van der Waals surface area contributed by atoms with E-state index in [1.54, 1.807) is 6.92 Å². The molecule has 1 aromatic heterocycles. The fraction of sp³-hybridized carbons (Fsp3) is 0.100. The number of nitrogens with zero attached hydrogens (tertiary/aromatic N) is 2. The zero-order valence-electron chi connectivity index (χ0n) is 7.81. The van der Waals surface area contributed by atoms with Crippen molar-refractivity contribution in [1.82, 2.24) is 9.78 Å². The van der Waals surface area contributed by atoms with Gasteiger partial charge in [0.15, 0.2) is 5.82 Å². The maximum Gasteiger partial charge on any atom is 0.219 e. The van der Waals surface area contributed by atoms with Gasteiger partial charge >= 0.3 is 0 Å². The first-order valence-electron chi connectivity index (χ1n) is 4.29. The van der Waals surface area contributed by atoms with E-state index in [0.29, 0.717) is 11.4 Å². The Balaban J connectivity index is 2.58. The number of hydrogen-bond acceptors (Lipinski definition) is 3. The van der Waals surface area contributed by atoms with Gasteiger partial charge in [0, 0.05) is 0 Å². The lowest BCUT2D eigenvalue weighted by Crippen LogP contribution is -1.96. The van der Waals surface area contributed by atoms with Crippen LogP contribution in [0.4, 0.5) is 5.82 Å². The van der Waals surface area contributed by atoms with Crippen molar-refractivity contribution >= 4 is 5.82 Å². The van der Waals surface area contributed by atoms with Crippen molar-refractivity contribution in [2.24, 2.45) is 0 Å². The second-order valence-electron chi connectivity index (χ2n) is 3.08. The molecular weight excluding hydrogens is 178 g/mol. The monoisotopic (exact) mass is 189 g/mol. The van der Waals surface area contributed by atoms with Gasteiger partial charge in [-0.1, -0.05) is 18.2 Å². The summed E-state index contributed by atoms with van der Waals surface area (Å²) >= 11 is 0. The Morgan fingerprint density at radius 3 is 2.43 bits per heavy atom. The Hall–Kier alpha value is -1.97. The number of rotatable bonds is 1. The summed E-state index contributed by atoms with van der Waals surface area (Å²) < 4.78 is 1.42. The molecule has 0 bridgehead atoms. The van der Waals surface area contributed by atoms with Gasteiger partial charge in [0.25, 0.3) is 0 Å². The normalized spacial score (nSPS) is 10.4. The largest absolute Gasteiger partial charge is 0.493 e. The maximum absolute atomic E-state index is 9.69. The first kappa shape index (κ1) is 8.62. The minimum Gasteiger partial charge on any atom is -0.493 e. The summed E-state index contributed by atoms with van der Waals surface area (Å²) in [5, 5.41) is 13.7. The second kappa shape index (κ2) is 3.06. The molecule has 0 saturated heterocycles. The molecule has 14 heavy (non-hydrogen) atoms. The van der Waals surface area contributed by atoms with Gasteiger partial charge < -0.3 is 10.8 Å². The SMILES string of the molecule is Cc1c(N)nn(-c2ccccc2)c1O. The summed E-state index contributed by atoms with van der Waals surface area (Å²) in [6.45, 7) is 1.73. The molecule has 0 aliphatic carbocycles. The van der Waals surface area contributed by atoms with Gasteiger partial charge in [0.05, 0.1) is 11.3 Å². The lowest BCUT2D eigenvalue weighted by atomic mass is 10.3. The van der Waals surface area contributed by atoms with Crippen molar-refractivity contribution in [3.8, 4) is 11.6 Å². The molecule has 2 rings (SSSR count). The molecule has 3 N–H and O–H groups in total. The van der Waals surface area contributed by atoms with E-state index in [1.165, 1.54) is 4.68 Å². The third kappa shape index (κ3) is 1.21. The predicted molar refractivity (Wildman–Crippen MR) is 54.4 cm³/mol. The summed E-state index contributed by atoms with van der Waals surface area (Å²) in [4.78, 5) is 0. The molecule has 1 heterocycles. The third-order valence-electron chi connectivity index (χ3n) is 2.13. The maximum atomic E-state index is 9.69. The van der Waals surface area contributed by atoms with E-state index in [4.69, 9.17) is 5.73 Å². The van der Waals surface area contributed by atoms with Crippen molar-refractivity contribution in [3.05, 3.63) is 35.9 Å². The summed E-state index contributed by atoms with van der Waals surface area (Å²) in [6, 6.07) is 9.36. The van der Waals surface area contributed by atoms with Crippen LogP contribution in [0.15, 0.2) is 30.3 Å². The van der Waals surface area contributed by atoms with Crippen LogP contribution in [-0.4, -0.2) is 14.9 Å². The van der Waals surface area contributed by atoms with Gasteiger partial charge in [0.1, 0.15) is 0 Å². The van der Waals surface area contributed by atoms with Gasteiger partial charge in [0.2, 0.25) is 5.88 Å². The Kier molecular flexibility index (Phi) is 1.89. The summed E-state index contributed by atoms with van der Waals surface area (Å²) in [5.74, 6) is 0.444. The number of anilines is 1. The van der Waals surface area contributed by atoms with E-state index < -0.39 is 0 Å². The molecule has 0 amide bonds. The average Bonchev–Trinajstić information content (AvgIpc) is 2.47. The van der Waals surface area contributed by atoms with E-state index in [0.717, 1.165) is 5.69 Å². The molecular formula is C10H11N3O. The molecule has 2 aromatic rings. The first-order chi connectivity index (χ1) is 6.70. The molecule has 0 radical (unpaired) electrons. The highest BCUT2D eigenvalue weighted by molar-refractivity contribution is 5.48.